The molecule has 2 rings (SSSR count). The molecule has 2 aliphatic rings. The molecule has 8 heteroatoms. The zero-order valence-electron chi connectivity index (χ0n) is 10.3. The smallest absolute Gasteiger partial charge is 0.303 e. The molecular weight excluding hydrogens is 280 g/mol. The zero-order valence-corrected chi connectivity index (χ0v) is 11.1. The Balaban J connectivity index is 1.70. The highest BCUT2D eigenvalue weighted by Gasteiger charge is 2.47. The van der Waals surface area contributed by atoms with E-state index in [4.69, 9.17) is 5.11 Å². The molecule has 0 aliphatic heterocycles. The fourth-order valence-corrected chi connectivity index (χ4v) is 4.41. The zero-order chi connectivity index (χ0) is 14.3. The van der Waals surface area contributed by atoms with Crippen molar-refractivity contribution in [3.63, 3.8) is 0 Å². The van der Waals surface area contributed by atoms with Crippen molar-refractivity contribution in [3.8, 4) is 0 Å². The van der Waals surface area contributed by atoms with E-state index in [1.54, 1.807) is 0 Å². The average Bonchev–Trinajstić information content (AvgIpc) is 2.09. The molecule has 2 fully saturated rings. The van der Waals surface area contributed by atoms with Crippen molar-refractivity contribution < 1.29 is 27.1 Å². The van der Waals surface area contributed by atoms with Gasteiger partial charge < -0.3 is 5.11 Å². The number of hydrogen-bond donors (Lipinski definition) is 2. The van der Waals surface area contributed by atoms with Crippen molar-refractivity contribution in [1.29, 1.82) is 0 Å². The van der Waals surface area contributed by atoms with Gasteiger partial charge >= 0.3 is 5.97 Å². The van der Waals surface area contributed by atoms with Crippen LogP contribution in [0.15, 0.2) is 0 Å². The van der Waals surface area contributed by atoms with Crippen LogP contribution in [0, 0.1) is 11.8 Å². The molecule has 0 atom stereocenters. The number of aliphatic carboxylic acids is 1. The van der Waals surface area contributed by atoms with E-state index in [1.807, 2.05) is 0 Å². The highest BCUT2D eigenvalue weighted by molar-refractivity contribution is 7.89. The minimum Gasteiger partial charge on any atom is -0.481 e. The highest BCUT2D eigenvalue weighted by atomic mass is 32.2. The van der Waals surface area contributed by atoms with Gasteiger partial charge in [-0.15, -0.1) is 0 Å². The van der Waals surface area contributed by atoms with Crippen LogP contribution in [-0.2, 0) is 14.8 Å². The summed E-state index contributed by atoms with van der Waals surface area (Å²) in [6.07, 6.45) is 0.340. The lowest BCUT2D eigenvalue weighted by Gasteiger charge is -2.37. The molecule has 0 aromatic rings. The van der Waals surface area contributed by atoms with Gasteiger partial charge in [0.2, 0.25) is 15.9 Å². The molecule has 110 valence electrons. The molecule has 2 saturated carbocycles. The Bertz CT molecular complexity index is 451. The van der Waals surface area contributed by atoms with Crippen LogP contribution < -0.4 is 4.72 Å². The van der Waals surface area contributed by atoms with E-state index in [0.717, 1.165) is 0 Å². The van der Waals surface area contributed by atoms with Crippen molar-refractivity contribution in [2.45, 2.75) is 44.1 Å². The van der Waals surface area contributed by atoms with Gasteiger partial charge in [-0.1, -0.05) is 0 Å². The quantitative estimate of drug-likeness (QED) is 0.772. The van der Waals surface area contributed by atoms with Crippen LogP contribution in [0.2, 0.25) is 0 Å². The molecule has 0 aromatic carbocycles. The molecule has 19 heavy (non-hydrogen) atoms. The first-order valence-corrected chi connectivity index (χ1v) is 7.90. The summed E-state index contributed by atoms with van der Waals surface area (Å²) < 4.78 is 51.1. The van der Waals surface area contributed by atoms with Crippen LogP contribution >= 0.6 is 0 Å². The second-order valence-electron chi connectivity index (χ2n) is 5.66. The average molecular weight is 297 g/mol. The molecule has 0 amide bonds. The van der Waals surface area contributed by atoms with Gasteiger partial charge in [0.1, 0.15) is 0 Å². The predicted molar refractivity (Wildman–Crippen MR) is 63.4 cm³/mol. The van der Waals surface area contributed by atoms with Gasteiger partial charge in [-0.05, 0) is 24.7 Å². The van der Waals surface area contributed by atoms with E-state index in [1.165, 1.54) is 0 Å². The molecule has 2 N–H and O–H groups in total. The number of sulfonamides is 1. The lowest BCUT2D eigenvalue weighted by Crippen LogP contribution is -2.48. The maximum atomic E-state index is 12.6. The van der Waals surface area contributed by atoms with Crippen molar-refractivity contribution >= 4 is 16.0 Å². The Morgan fingerprint density at radius 3 is 2.32 bits per heavy atom. The van der Waals surface area contributed by atoms with Crippen LogP contribution in [0.3, 0.4) is 0 Å². The van der Waals surface area contributed by atoms with Crippen molar-refractivity contribution in [3.05, 3.63) is 0 Å². The van der Waals surface area contributed by atoms with E-state index in [0.29, 0.717) is 12.8 Å². The monoisotopic (exact) mass is 297 g/mol. The summed E-state index contributed by atoms with van der Waals surface area (Å²) in [7, 11) is -3.53. The van der Waals surface area contributed by atoms with Crippen LogP contribution in [0.1, 0.15) is 32.1 Å². The van der Waals surface area contributed by atoms with E-state index in [2.05, 4.69) is 4.72 Å². The Labute approximate surface area is 110 Å². The molecule has 0 spiro atoms. The second-order valence-corrected chi connectivity index (χ2v) is 7.46. The molecule has 0 heterocycles. The van der Waals surface area contributed by atoms with Crippen LogP contribution in [0.4, 0.5) is 8.78 Å². The molecule has 0 aromatic heterocycles. The maximum absolute atomic E-state index is 12.6. The molecule has 5 nitrogen and oxygen atoms in total. The fraction of sp³-hybridized carbons (Fsp3) is 0.909. The van der Waals surface area contributed by atoms with E-state index >= 15 is 0 Å². The molecule has 0 unspecified atom stereocenters. The number of rotatable bonds is 6. The molecule has 0 radical (unpaired) electrons. The highest BCUT2D eigenvalue weighted by Crippen LogP contribution is 2.43. The normalized spacial score (nSPS) is 30.4. The summed E-state index contributed by atoms with van der Waals surface area (Å²) in [4.78, 5) is 10.4. The topological polar surface area (TPSA) is 83.5 Å². The first kappa shape index (κ1) is 14.6. The third kappa shape index (κ3) is 4.10. The number of halogens is 2. The van der Waals surface area contributed by atoms with E-state index < -0.39 is 27.8 Å². The van der Waals surface area contributed by atoms with Gasteiger partial charge in [-0.3, -0.25) is 4.79 Å². The largest absolute Gasteiger partial charge is 0.481 e. The Hall–Kier alpha value is -0.760. The summed E-state index contributed by atoms with van der Waals surface area (Å²) in [5.41, 5.74) is 0. The van der Waals surface area contributed by atoms with Crippen molar-refractivity contribution in [2.24, 2.45) is 11.8 Å². The van der Waals surface area contributed by atoms with Gasteiger partial charge in [0.25, 0.3) is 0 Å². The van der Waals surface area contributed by atoms with E-state index in [9.17, 15) is 22.0 Å². The summed E-state index contributed by atoms with van der Waals surface area (Å²) in [6, 6.07) is -0.241. The van der Waals surface area contributed by atoms with E-state index in [-0.39, 0.29) is 37.0 Å². The Morgan fingerprint density at radius 1 is 1.26 bits per heavy atom. The minimum absolute atomic E-state index is 0.0123. The molecule has 2 aliphatic carbocycles. The maximum Gasteiger partial charge on any atom is 0.303 e. The summed E-state index contributed by atoms with van der Waals surface area (Å²) in [5.74, 6) is -4.31. The fourth-order valence-electron chi connectivity index (χ4n) is 2.76. The predicted octanol–water partition coefficient (Wildman–Crippen LogP) is 1.20. The Morgan fingerprint density at radius 2 is 1.84 bits per heavy atom. The van der Waals surface area contributed by atoms with Gasteiger partial charge in [0.15, 0.2) is 0 Å². The standard InChI is InChI=1S/C11H17F2NO4S/c12-11(13)4-8(5-11)6-19(17,18)14-9-1-7(2-9)3-10(15)16/h7-9,14H,1-6H2,(H,15,16). The first-order valence-electron chi connectivity index (χ1n) is 6.25. The molecule has 0 saturated heterocycles. The third-order valence-electron chi connectivity index (χ3n) is 3.67. The third-order valence-corrected chi connectivity index (χ3v) is 5.28. The number of carbonyl (C=O) groups is 1. The minimum atomic E-state index is -3.53. The summed E-state index contributed by atoms with van der Waals surface area (Å²) in [6.45, 7) is 0. The molecular formula is C11H17F2NO4S. The van der Waals surface area contributed by atoms with Gasteiger partial charge in [0, 0.05) is 25.3 Å². The van der Waals surface area contributed by atoms with Crippen LogP contribution in [-0.4, -0.2) is 37.2 Å². The van der Waals surface area contributed by atoms with Crippen molar-refractivity contribution in [1.82, 2.24) is 4.72 Å². The number of nitrogens with one attached hydrogen (secondary N) is 1. The number of carboxylic acid groups (broad SMARTS) is 1. The number of alkyl halides is 2. The summed E-state index contributed by atoms with van der Waals surface area (Å²) >= 11 is 0. The number of carboxylic acids is 1. The van der Waals surface area contributed by atoms with Gasteiger partial charge in [-0.2, -0.15) is 0 Å². The first-order chi connectivity index (χ1) is 8.65. The Kier molecular flexibility index (Phi) is 3.83. The van der Waals surface area contributed by atoms with Crippen molar-refractivity contribution in [2.75, 3.05) is 5.75 Å². The molecule has 0 bridgehead atoms. The lowest BCUT2D eigenvalue weighted by atomic mass is 9.79. The SMILES string of the molecule is O=C(O)CC1CC(NS(=O)(=O)CC2CC(F)(F)C2)C1. The van der Waals surface area contributed by atoms with Gasteiger partial charge in [-0.25, -0.2) is 21.9 Å². The van der Waals surface area contributed by atoms with Crippen LogP contribution in [0.5, 0.6) is 0 Å². The second kappa shape index (κ2) is 4.97. The lowest BCUT2D eigenvalue weighted by molar-refractivity contribution is -0.138. The van der Waals surface area contributed by atoms with Crippen LogP contribution in [0.25, 0.3) is 0 Å². The number of hydrogen-bond acceptors (Lipinski definition) is 3. The van der Waals surface area contributed by atoms with Gasteiger partial charge in [0.05, 0.1) is 5.75 Å². The summed E-state index contributed by atoms with van der Waals surface area (Å²) in [5, 5.41) is 8.57.